The van der Waals surface area contributed by atoms with Crippen molar-refractivity contribution in [3.05, 3.63) is 11.7 Å². The molecule has 0 amide bonds. The average Bonchev–Trinajstić information content (AvgIpc) is 3.03. The third-order valence-corrected chi connectivity index (χ3v) is 3.83. The maximum atomic E-state index is 6.12. The second-order valence-electron chi connectivity index (χ2n) is 5.23. The summed E-state index contributed by atoms with van der Waals surface area (Å²) >= 11 is 0. The molecule has 1 aromatic heterocycles. The van der Waals surface area contributed by atoms with E-state index >= 15 is 0 Å². The van der Waals surface area contributed by atoms with Gasteiger partial charge in [0.25, 0.3) is 0 Å². The van der Waals surface area contributed by atoms with Gasteiger partial charge in [0.05, 0.1) is 0 Å². The SMILES string of the molecule is NC1CCCCC1Cc1nc(C2CC2)no1. The van der Waals surface area contributed by atoms with Gasteiger partial charge in [-0.25, -0.2) is 0 Å². The molecular formula is C12H19N3O. The van der Waals surface area contributed by atoms with Gasteiger partial charge in [-0.05, 0) is 31.6 Å². The van der Waals surface area contributed by atoms with Crippen LogP contribution in [0.1, 0.15) is 56.2 Å². The molecule has 88 valence electrons. The highest BCUT2D eigenvalue weighted by Crippen LogP contribution is 2.38. The second-order valence-corrected chi connectivity index (χ2v) is 5.23. The Labute approximate surface area is 95.6 Å². The molecular weight excluding hydrogens is 202 g/mol. The molecule has 2 saturated carbocycles. The fourth-order valence-electron chi connectivity index (χ4n) is 2.57. The minimum atomic E-state index is 0.324. The lowest BCUT2D eigenvalue weighted by atomic mass is 9.83. The molecule has 0 spiro atoms. The van der Waals surface area contributed by atoms with Gasteiger partial charge in [-0.2, -0.15) is 4.98 Å². The van der Waals surface area contributed by atoms with Crippen molar-refractivity contribution in [2.45, 2.75) is 56.9 Å². The molecule has 2 aliphatic rings. The van der Waals surface area contributed by atoms with Gasteiger partial charge >= 0.3 is 0 Å². The first-order valence-corrected chi connectivity index (χ1v) is 6.41. The Morgan fingerprint density at radius 1 is 1.19 bits per heavy atom. The van der Waals surface area contributed by atoms with Crippen LogP contribution in [0, 0.1) is 5.92 Å². The number of rotatable bonds is 3. The predicted octanol–water partition coefficient (Wildman–Crippen LogP) is 2.01. The lowest BCUT2D eigenvalue weighted by Crippen LogP contribution is -2.34. The van der Waals surface area contributed by atoms with E-state index in [1.165, 1.54) is 32.1 Å². The Bertz CT molecular complexity index is 359. The van der Waals surface area contributed by atoms with Gasteiger partial charge < -0.3 is 10.3 Å². The first-order chi connectivity index (χ1) is 7.83. The monoisotopic (exact) mass is 221 g/mol. The van der Waals surface area contributed by atoms with Gasteiger partial charge in [0.2, 0.25) is 5.89 Å². The van der Waals surface area contributed by atoms with Crippen LogP contribution in [0.4, 0.5) is 0 Å². The molecule has 0 radical (unpaired) electrons. The maximum absolute atomic E-state index is 6.12. The molecule has 0 aromatic carbocycles. The van der Waals surface area contributed by atoms with Gasteiger partial charge in [-0.1, -0.05) is 18.0 Å². The van der Waals surface area contributed by atoms with Crippen LogP contribution < -0.4 is 5.73 Å². The molecule has 3 rings (SSSR count). The lowest BCUT2D eigenvalue weighted by Gasteiger charge is -2.27. The van der Waals surface area contributed by atoms with E-state index in [1.807, 2.05) is 0 Å². The molecule has 0 saturated heterocycles. The van der Waals surface area contributed by atoms with Crippen LogP contribution in [0.2, 0.25) is 0 Å². The maximum Gasteiger partial charge on any atom is 0.226 e. The molecule has 0 aliphatic heterocycles. The van der Waals surface area contributed by atoms with Crippen LogP contribution in [0.5, 0.6) is 0 Å². The molecule has 4 heteroatoms. The summed E-state index contributed by atoms with van der Waals surface area (Å²) in [7, 11) is 0. The number of hydrogen-bond donors (Lipinski definition) is 1. The smallest absolute Gasteiger partial charge is 0.226 e. The van der Waals surface area contributed by atoms with Gasteiger partial charge in [-0.15, -0.1) is 0 Å². The first kappa shape index (κ1) is 10.3. The Hall–Kier alpha value is -0.900. The summed E-state index contributed by atoms with van der Waals surface area (Å²) in [6, 6.07) is 0.324. The highest BCUT2D eigenvalue weighted by Gasteiger charge is 2.30. The Balaban J connectivity index is 1.63. The summed E-state index contributed by atoms with van der Waals surface area (Å²) in [4.78, 5) is 4.47. The Morgan fingerprint density at radius 3 is 2.75 bits per heavy atom. The van der Waals surface area contributed by atoms with Crippen LogP contribution in [-0.2, 0) is 6.42 Å². The van der Waals surface area contributed by atoms with Crippen LogP contribution in [0.3, 0.4) is 0 Å². The summed E-state index contributed by atoms with van der Waals surface area (Å²) < 4.78 is 5.30. The Kier molecular flexibility index (Phi) is 2.67. The van der Waals surface area contributed by atoms with Crippen LogP contribution >= 0.6 is 0 Å². The molecule has 4 nitrogen and oxygen atoms in total. The molecule has 2 aliphatic carbocycles. The molecule has 0 bridgehead atoms. The summed E-state index contributed by atoms with van der Waals surface area (Å²) in [6.45, 7) is 0. The zero-order valence-electron chi connectivity index (χ0n) is 9.56. The molecule has 1 aromatic rings. The van der Waals surface area contributed by atoms with E-state index in [0.717, 1.165) is 24.6 Å². The number of hydrogen-bond acceptors (Lipinski definition) is 4. The lowest BCUT2D eigenvalue weighted by molar-refractivity contribution is 0.272. The third-order valence-electron chi connectivity index (χ3n) is 3.83. The quantitative estimate of drug-likeness (QED) is 0.848. The van der Waals surface area contributed by atoms with Gasteiger partial charge in [0.15, 0.2) is 5.82 Å². The molecule has 2 N–H and O–H groups in total. The molecule has 1 heterocycles. The first-order valence-electron chi connectivity index (χ1n) is 6.41. The second kappa shape index (κ2) is 4.17. The van der Waals surface area contributed by atoms with Crippen molar-refractivity contribution in [3.63, 3.8) is 0 Å². The van der Waals surface area contributed by atoms with Crippen LogP contribution in [-0.4, -0.2) is 16.2 Å². The van der Waals surface area contributed by atoms with Gasteiger partial charge in [-0.3, -0.25) is 0 Å². The highest BCUT2D eigenvalue weighted by atomic mass is 16.5. The normalized spacial score (nSPS) is 30.6. The van der Waals surface area contributed by atoms with Gasteiger partial charge in [0, 0.05) is 18.4 Å². The molecule has 2 unspecified atom stereocenters. The van der Waals surface area contributed by atoms with E-state index in [1.54, 1.807) is 0 Å². The summed E-state index contributed by atoms with van der Waals surface area (Å²) in [5, 5.41) is 4.04. The number of aromatic nitrogens is 2. The summed E-state index contributed by atoms with van der Waals surface area (Å²) in [5.41, 5.74) is 6.12. The van der Waals surface area contributed by atoms with Crippen LogP contribution in [0.15, 0.2) is 4.52 Å². The highest BCUT2D eigenvalue weighted by molar-refractivity contribution is 5.03. The van der Waals surface area contributed by atoms with Crippen LogP contribution in [0.25, 0.3) is 0 Å². The summed E-state index contributed by atoms with van der Waals surface area (Å²) in [5.74, 6) is 2.84. The topological polar surface area (TPSA) is 64.9 Å². The largest absolute Gasteiger partial charge is 0.339 e. The van der Waals surface area contributed by atoms with E-state index in [9.17, 15) is 0 Å². The predicted molar refractivity (Wildman–Crippen MR) is 59.9 cm³/mol. The van der Waals surface area contributed by atoms with Crippen molar-refractivity contribution < 1.29 is 4.52 Å². The standard InChI is InChI=1S/C12H19N3O/c13-10-4-2-1-3-9(10)7-11-14-12(15-16-11)8-5-6-8/h8-10H,1-7,13H2. The van der Waals surface area contributed by atoms with Crippen molar-refractivity contribution >= 4 is 0 Å². The molecule has 16 heavy (non-hydrogen) atoms. The van der Waals surface area contributed by atoms with E-state index in [4.69, 9.17) is 10.3 Å². The Morgan fingerprint density at radius 2 is 2.00 bits per heavy atom. The van der Waals surface area contributed by atoms with E-state index in [2.05, 4.69) is 10.1 Å². The summed E-state index contributed by atoms with van der Waals surface area (Å²) in [6.07, 6.45) is 8.25. The molecule has 2 fully saturated rings. The minimum absolute atomic E-state index is 0.324. The van der Waals surface area contributed by atoms with Crippen molar-refractivity contribution in [1.29, 1.82) is 0 Å². The number of nitrogens with two attached hydrogens (primary N) is 1. The van der Waals surface area contributed by atoms with E-state index < -0.39 is 0 Å². The fraction of sp³-hybridized carbons (Fsp3) is 0.833. The van der Waals surface area contributed by atoms with Crippen molar-refractivity contribution in [3.8, 4) is 0 Å². The minimum Gasteiger partial charge on any atom is -0.339 e. The van der Waals surface area contributed by atoms with Crippen molar-refractivity contribution in [1.82, 2.24) is 10.1 Å². The zero-order valence-corrected chi connectivity index (χ0v) is 9.56. The van der Waals surface area contributed by atoms with Gasteiger partial charge in [0.1, 0.15) is 0 Å². The van der Waals surface area contributed by atoms with Crippen molar-refractivity contribution in [2.75, 3.05) is 0 Å². The number of nitrogens with zero attached hydrogens (tertiary/aromatic N) is 2. The zero-order chi connectivity index (χ0) is 11.0. The van der Waals surface area contributed by atoms with Crippen molar-refractivity contribution in [2.24, 2.45) is 11.7 Å². The molecule has 2 atom stereocenters. The van der Waals surface area contributed by atoms with E-state index in [0.29, 0.717) is 17.9 Å². The average molecular weight is 221 g/mol. The third kappa shape index (κ3) is 2.12. The fourth-order valence-corrected chi connectivity index (χ4v) is 2.57. The van der Waals surface area contributed by atoms with E-state index in [-0.39, 0.29) is 0 Å².